The lowest BCUT2D eigenvalue weighted by Gasteiger charge is -2.04. The number of hydrogen-bond acceptors (Lipinski definition) is 2. The molecule has 74 valence electrons. The summed E-state index contributed by atoms with van der Waals surface area (Å²) in [6.07, 6.45) is 1.62. The summed E-state index contributed by atoms with van der Waals surface area (Å²) in [6, 6.07) is 7.57. The number of carbonyl (C=O) groups excluding carboxylic acids is 1. The van der Waals surface area contributed by atoms with Crippen LogP contribution in [0.5, 0.6) is 5.75 Å². The Labute approximate surface area is 87.8 Å². The third-order valence-corrected chi connectivity index (χ3v) is 2.68. The summed E-state index contributed by atoms with van der Waals surface area (Å²) < 4.78 is 5.13. The van der Waals surface area contributed by atoms with Gasteiger partial charge in [0.2, 0.25) is 0 Å². The monoisotopic (exact) mass is 210 g/mol. The Hall–Kier alpha value is -1.02. The maximum atomic E-state index is 11.5. The van der Waals surface area contributed by atoms with Gasteiger partial charge < -0.3 is 4.74 Å². The van der Waals surface area contributed by atoms with Gasteiger partial charge in [-0.15, -0.1) is 11.6 Å². The Kier molecular flexibility index (Phi) is 2.73. The molecule has 0 saturated carbocycles. The summed E-state index contributed by atoms with van der Waals surface area (Å²) >= 11 is 5.60. The molecule has 14 heavy (non-hydrogen) atoms. The van der Waals surface area contributed by atoms with Gasteiger partial charge in [0, 0.05) is 11.4 Å². The fraction of sp³-hybridized carbons (Fsp3) is 0.364. The highest BCUT2D eigenvalue weighted by atomic mass is 35.5. The van der Waals surface area contributed by atoms with E-state index in [9.17, 15) is 4.79 Å². The fourth-order valence-corrected chi connectivity index (χ4v) is 1.88. The average molecular weight is 211 g/mol. The number of carbonyl (C=O) groups is 1. The molecule has 1 aromatic carbocycles. The zero-order valence-corrected chi connectivity index (χ0v) is 8.46. The highest BCUT2D eigenvalue weighted by molar-refractivity contribution is 6.17. The molecule has 1 unspecified atom stereocenters. The Bertz CT molecular complexity index is 349. The van der Waals surface area contributed by atoms with E-state index < -0.39 is 0 Å². The second kappa shape index (κ2) is 4.01. The largest absolute Gasteiger partial charge is 0.426 e. The van der Waals surface area contributed by atoms with Crippen LogP contribution in [0.2, 0.25) is 0 Å². The summed E-state index contributed by atoms with van der Waals surface area (Å²) in [6.45, 7) is 0. The molecule has 0 fully saturated rings. The van der Waals surface area contributed by atoms with E-state index in [2.05, 4.69) is 0 Å². The van der Waals surface area contributed by atoms with Crippen LogP contribution >= 0.6 is 11.6 Å². The molecule has 0 aromatic heterocycles. The van der Waals surface area contributed by atoms with Gasteiger partial charge in [-0.25, -0.2) is 0 Å². The number of benzene rings is 1. The van der Waals surface area contributed by atoms with Crippen molar-refractivity contribution < 1.29 is 9.53 Å². The van der Waals surface area contributed by atoms with Gasteiger partial charge in [0.1, 0.15) is 5.75 Å². The number of hydrogen-bond donors (Lipinski definition) is 0. The Morgan fingerprint density at radius 3 is 2.93 bits per heavy atom. The minimum Gasteiger partial charge on any atom is -0.426 e. The van der Waals surface area contributed by atoms with Crippen molar-refractivity contribution in [1.29, 1.82) is 0 Å². The standard InChI is InChI=1S/C11H11ClO2/c12-7-3-5-9-8-4-1-2-6-10(8)14-11(9)13/h1-2,4,6,9H,3,5,7H2. The fourth-order valence-electron chi connectivity index (χ4n) is 1.72. The number of ether oxygens (including phenoxy) is 1. The van der Waals surface area contributed by atoms with E-state index in [1.165, 1.54) is 0 Å². The van der Waals surface area contributed by atoms with Crippen LogP contribution in [0.15, 0.2) is 24.3 Å². The van der Waals surface area contributed by atoms with Gasteiger partial charge in [-0.2, -0.15) is 0 Å². The van der Waals surface area contributed by atoms with Crippen molar-refractivity contribution in [3.05, 3.63) is 29.8 Å². The normalized spacial score (nSPS) is 19.2. The van der Waals surface area contributed by atoms with Crippen LogP contribution in [0.3, 0.4) is 0 Å². The third-order valence-electron chi connectivity index (χ3n) is 2.42. The molecule has 1 aliphatic rings. The number of halogens is 1. The molecular weight excluding hydrogens is 200 g/mol. The molecule has 0 aliphatic carbocycles. The molecule has 0 saturated heterocycles. The minimum atomic E-state index is -0.142. The first-order chi connectivity index (χ1) is 6.83. The summed E-state index contributed by atoms with van der Waals surface area (Å²) in [5.41, 5.74) is 1.00. The van der Waals surface area contributed by atoms with Crippen LogP contribution in [-0.4, -0.2) is 11.8 Å². The first kappa shape index (κ1) is 9.53. The van der Waals surface area contributed by atoms with Crippen molar-refractivity contribution >= 4 is 17.6 Å². The molecule has 3 heteroatoms. The number of rotatable bonds is 3. The lowest BCUT2D eigenvalue weighted by Crippen LogP contribution is -2.10. The minimum absolute atomic E-state index is 0.107. The molecule has 0 amide bonds. The topological polar surface area (TPSA) is 26.3 Å². The van der Waals surface area contributed by atoms with Crippen LogP contribution in [0.25, 0.3) is 0 Å². The van der Waals surface area contributed by atoms with Gasteiger partial charge in [0.15, 0.2) is 0 Å². The molecular formula is C11H11ClO2. The van der Waals surface area contributed by atoms with Crippen molar-refractivity contribution in [2.24, 2.45) is 0 Å². The second-order valence-electron chi connectivity index (χ2n) is 3.34. The smallest absolute Gasteiger partial charge is 0.318 e. The number of esters is 1. The van der Waals surface area contributed by atoms with Crippen molar-refractivity contribution in [2.75, 3.05) is 5.88 Å². The van der Waals surface area contributed by atoms with Crippen LogP contribution < -0.4 is 4.74 Å². The molecule has 0 spiro atoms. The van der Waals surface area contributed by atoms with Crippen molar-refractivity contribution in [1.82, 2.24) is 0 Å². The van der Waals surface area contributed by atoms with Crippen molar-refractivity contribution in [3.63, 3.8) is 0 Å². The van der Waals surface area contributed by atoms with Crippen LogP contribution in [-0.2, 0) is 4.79 Å². The molecule has 1 heterocycles. The maximum Gasteiger partial charge on any atom is 0.318 e. The number of para-hydroxylation sites is 1. The maximum absolute atomic E-state index is 11.5. The Balaban J connectivity index is 2.21. The molecule has 2 rings (SSSR count). The number of alkyl halides is 1. The van der Waals surface area contributed by atoms with E-state index >= 15 is 0 Å². The van der Waals surface area contributed by atoms with E-state index in [0.717, 1.165) is 18.4 Å². The van der Waals surface area contributed by atoms with Gasteiger partial charge in [0.05, 0.1) is 5.92 Å². The SMILES string of the molecule is O=C1Oc2ccccc2C1CCCCl. The van der Waals surface area contributed by atoms with E-state index in [4.69, 9.17) is 16.3 Å². The highest BCUT2D eigenvalue weighted by Crippen LogP contribution is 2.37. The lowest BCUT2D eigenvalue weighted by molar-refractivity contribution is -0.134. The van der Waals surface area contributed by atoms with Crippen LogP contribution in [0.4, 0.5) is 0 Å². The zero-order valence-electron chi connectivity index (χ0n) is 7.70. The summed E-state index contributed by atoms with van der Waals surface area (Å²) in [4.78, 5) is 11.5. The number of fused-ring (bicyclic) bond motifs is 1. The summed E-state index contributed by atoms with van der Waals surface area (Å²) in [7, 11) is 0. The van der Waals surface area contributed by atoms with E-state index in [1.807, 2.05) is 24.3 Å². The lowest BCUT2D eigenvalue weighted by atomic mass is 9.96. The zero-order chi connectivity index (χ0) is 9.97. The third kappa shape index (κ3) is 1.62. The first-order valence-corrected chi connectivity index (χ1v) is 5.23. The van der Waals surface area contributed by atoms with Gasteiger partial charge in [-0.1, -0.05) is 18.2 Å². The van der Waals surface area contributed by atoms with E-state index in [0.29, 0.717) is 11.6 Å². The van der Waals surface area contributed by atoms with Gasteiger partial charge in [-0.3, -0.25) is 4.79 Å². The van der Waals surface area contributed by atoms with Crippen LogP contribution in [0, 0.1) is 0 Å². The van der Waals surface area contributed by atoms with Gasteiger partial charge in [0.25, 0.3) is 0 Å². The van der Waals surface area contributed by atoms with E-state index in [-0.39, 0.29) is 11.9 Å². The Morgan fingerprint density at radius 2 is 2.14 bits per heavy atom. The van der Waals surface area contributed by atoms with E-state index in [1.54, 1.807) is 0 Å². The molecule has 0 bridgehead atoms. The average Bonchev–Trinajstić information content (AvgIpc) is 2.51. The van der Waals surface area contributed by atoms with Gasteiger partial charge in [-0.05, 0) is 18.9 Å². The van der Waals surface area contributed by atoms with Gasteiger partial charge >= 0.3 is 5.97 Å². The molecule has 1 atom stereocenters. The van der Waals surface area contributed by atoms with Crippen LogP contribution in [0.1, 0.15) is 24.3 Å². The summed E-state index contributed by atoms with van der Waals surface area (Å²) in [5.74, 6) is 1.05. The molecule has 0 N–H and O–H groups in total. The summed E-state index contributed by atoms with van der Waals surface area (Å²) in [5, 5.41) is 0. The van der Waals surface area contributed by atoms with Crippen molar-refractivity contribution in [2.45, 2.75) is 18.8 Å². The van der Waals surface area contributed by atoms with Crippen molar-refractivity contribution in [3.8, 4) is 5.75 Å². The first-order valence-electron chi connectivity index (χ1n) is 4.69. The molecule has 2 nitrogen and oxygen atoms in total. The molecule has 1 aromatic rings. The highest BCUT2D eigenvalue weighted by Gasteiger charge is 2.31. The molecule has 1 aliphatic heterocycles. The predicted octanol–water partition coefficient (Wildman–Crippen LogP) is 2.71. The second-order valence-corrected chi connectivity index (χ2v) is 3.72. The quantitative estimate of drug-likeness (QED) is 0.436. The Morgan fingerprint density at radius 1 is 1.36 bits per heavy atom. The predicted molar refractivity (Wildman–Crippen MR) is 54.8 cm³/mol. The molecule has 0 radical (unpaired) electrons.